The summed E-state index contributed by atoms with van der Waals surface area (Å²) in [6.45, 7) is 3.43. The maximum Gasteiger partial charge on any atom is 0.334 e. The van der Waals surface area contributed by atoms with Crippen molar-refractivity contribution in [2.24, 2.45) is 0 Å². The fraction of sp³-hybridized carbons (Fsp3) is 0.250. The number of fused-ring (bicyclic) bond motifs is 1. The van der Waals surface area contributed by atoms with Crippen LogP contribution in [-0.4, -0.2) is 31.1 Å². The Morgan fingerprint density at radius 2 is 1.86 bits per heavy atom. The molecular weight excluding hydrogens is 402 g/mol. The first kappa shape index (κ1) is 20.4. The van der Waals surface area contributed by atoms with E-state index in [0.29, 0.717) is 21.6 Å². The summed E-state index contributed by atoms with van der Waals surface area (Å²) in [5.74, 6) is -0.501. The molecule has 6 nitrogen and oxygen atoms in total. The molecule has 8 heteroatoms. The maximum atomic E-state index is 13.3. The largest absolute Gasteiger partial charge is 0.464 e. The van der Waals surface area contributed by atoms with Gasteiger partial charge in [-0.3, -0.25) is 0 Å². The van der Waals surface area contributed by atoms with E-state index in [-0.39, 0.29) is 18.1 Å². The molecule has 3 aromatic rings. The Morgan fingerprint density at radius 3 is 2.54 bits per heavy atom. The minimum Gasteiger partial charge on any atom is -0.464 e. The number of carbonyl (C=O) groups excluding carboxylic acids is 1. The van der Waals surface area contributed by atoms with Gasteiger partial charge >= 0.3 is 5.97 Å². The molecule has 28 heavy (non-hydrogen) atoms. The lowest BCUT2D eigenvalue weighted by atomic mass is 10.2. The molecule has 1 aromatic heterocycles. The Morgan fingerprint density at radius 1 is 1.14 bits per heavy atom. The molecule has 1 atom stereocenters. The number of rotatable bonds is 7. The molecule has 0 aliphatic rings. The number of carbonyl (C=O) groups is 1. The molecule has 0 aliphatic carbocycles. The quantitative estimate of drug-likeness (QED) is 0.539. The van der Waals surface area contributed by atoms with Gasteiger partial charge in [0.1, 0.15) is 0 Å². The summed E-state index contributed by atoms with van der Waals surface area (Å²) in [5.41, 5.74) is 0.868. The van der Waals surface area contributed by atoms with Crippen LogP contribution in [0.3, 0.4) is 0 Å². The molecule has 0 fully saturated rings. The molecular formula is C20H20ClNO5S. The first-order valence-electron chi connectivity index (χ1n) is 8.73. The molecule has 0 saturated carbocycles. The average molecular weight is 422 g/mol. The Hall–Kier alpha value is -2.35. The zero-order valence-electron chi connectivity index (χ0n) is 15.5. The van der Waals surface area contributed by atoms with Crippen molar-refractivity contribution in [2.45, 2.75) is 31.5 Å². The van der Waals surface area contributed by atoms with E-state index in [1.54, 1.807) is 56.3 Å². The van der Waals surface area contributed by atoms with E-state index in [2.05, 4.69) is 0 Å². The summed E-state index contributed by atoms with van der Waals surface area (Å²) in [4.78, 5) is 11.9. The number of nitrogens with zero attached hydrogens (tertiary/aromatic N) is 1. The molecule has 0 bridgehead atoms. The van der Waals surface area contributed by atoms with Crippen molar-refractivity contribution >= 4 is 38.5 Å². The Kier molecular flexibility index (Phi) is 6.07. The second-order valence-corrected chi connectivity index (χ2v) is 8.35. The van der Waals surface area contributed by atoms with Gasteiger partial charge in [-0.1, -0.05) is 29.8 Å². The van der Waals surface area contributed by atoms with Gasteiger partial charge in [0.2, 0.25) is 0 Å². The monoisotopic (exact) mass is 421 g/mol. The van der Waals surface area contributed by atoms with Crippen LogP contribution in [0.25, 0.3) is 10.9 Å². The summed E-state index contributed by atoms with van der Waals surface area (Å²) in [7, 11) is -3.87. The van der Waals surface area contributed by atoms with Gasteiger partial charge in [0, 0.05) is 10.4 Å². The number of esters is 1. The molecule has 3 rings (SSSR count). The number of hydrogen-bond acceptors (Lipinski definition) is 5. The molecule has 0 N–H and O–H groups in total. The van der Waals surface area contributed by atoms with Crippen LogP contribution in [0.5, 0.6) is 0 Å². The second-order valence-electron chi connectivity index (χ2n) is 6.13. The third kappa shape index (κ3) is 4.06. The number of aromatic nitrogens is 1. The predicted molar refractivity (Wildman–Crippen MR) is 107 cm³/mol. The fourth-order valence-corrected chi connectivity index (χ4v) is 4.57. The zero-order valence-corrected chi connectivity index (χ0v) is 17.0. The van der Waals surface area contributed by atoms with Crippen molar-refractivity contribution in [3.63, 3.8) is 0 Å². The number of hydrogen-bond donors (Lipinski definition) is 0. The van der Waals surface area contributed by atoms with Crippen LogP contribution in [0.4, 0.5) is 0 Å². The first-order chi connectivity index (χ1) is 13.3. The number of benzene rings is 2. The van der Waals surface area contributed by atoms with Crippen LogP contribution in [0, 0.1) is 0 Å². The molecule has 1 unspecified atom stereocenters. The molecule has 0 radical (unpaired) electrons. The van der Waals surface area contributed by atoms with Gasteiger partial charge in [-0.15, -0.1) is 0 Å². The van der Waals surface area contributed by atoms with Crippen molar-refractivity contribution < 1.29 is 22.7 Å². The van der Waals surface area contributed by atoms with Crippen molar-refractivity contribution in [1.82, 2.24) is 3.97 Å². The lowest BCUT2D eigenvalue weighted by Gasteiger charge is -2.15. The van der Waals surface area contributed by atoms with E-state index >= 15 is 0 Å². The highest BCUT2D eigenvalue weighted by atomic mass is 35.5. The van der Waals surface area contributed by atoms with Crippen LogP contribution >= 0.6 is 11.6 Å². The highest BCUT2D eigenvalue weighted by molar-refractivity contribution is 7.90. The standard InChI is InChI=1S/C20H20ClNO5S/c1-3-26-20(23)14(2)27-13-17-12-15-11-16(21)9-10-19(15)22(17)28(24,25)18-7-5-4-6-8-18/h4-12,14H,3,13H2,1-2H3. The molecule has 1 heterocycles. The highest BCUT2D eigenvalue weighted by Crippen LogP contribution is 2.28. The Balaban J connectivity index is 2.05. The van der Waals surface area contributed by atoms with Crippen LogP contribution < -0.4 is 0 Å². The molecule has 0 saturated heterocycles. The van der Waals surface area contributed by atoms with Crippen molar-refractivity contribution in [2.75, 3.05) is 6.61 Å². The topological polar surface area (TPSA) is 74.6 Å². The molecule has 0 spiro atoms. The first-order valence-corrected chi connectivity index (χ1v) is 10.5. The summed E-state index contributed by atoms with van der Waals surface area (Å²) in [5, 5.41) is 1.16. The van der Waals surface area contributed by atoms with Gasteiger partial charge in [0.15, 0.2) is 6.10 Å². The van der Waals surface area contributed by atoms with Crippen molar-refractivity contribution in [3.8, 4) is 0 Å². The highest BCUT2D eigenvalue weighted by Gasteiger charge is 2.24. The Bertz CT molecular complexity index is 1090. The van der Waals surface area contributed by atoms with Crippen LogP contribution in [0.15, 0.2) is 59.5 Å². The van der Waals surface area contributed by atoms with E-state index in [1.807, 2.05) is 0 Å². The fourth-order valence-electron chi connectivity index (χ4n) is 2.84. The summed E-state index contributed by atoms with van der Waals surface area (Å²) < 4.78 is 38.3. The zero-order chi connectivity index (χ0) is 20.3. The lowest BCUT2D eigenvalue weighted by molar-refractivity contribution is -0.156. The van der Waals surface area contributed by atoms with Gasteiger partial charge in [-0.05, 0) is 50.2 Å². The van der Waals surface area contributed by atoms with Gasteiger partial charge in [0.05, 0.1) is 29.3 Å². The van der Waals surface area contributed by atoms with Crippen molar-refractivity contribution in [1.29, 1.82) is 0 Å². The number of halogens is 1. The van der Waals surface area contributed by atoms with E-state index in [4.69, 9.17) is 21.1 Å². The van der Waals surface area contributed by atoms with Crippen molar-refractivity contribution in [3.05, 3.63) is 65.3 Å². The summed E-state index contributed by atoms with van der Waals surface area (Å²) in [6.07, 6.45) is -0.825. The van der Waals surface area contributed by atoms with Gasteiger partial charge in [-0.2, -0.15) is 0 Å². The van der Waals surface area contributed by atoms with Gasteiger partial charge in [0.25, 0.3) is 10.0 Å². The van der Waals surface area contributed by atoms with E-state index in [1.165, 1.54) is 16.1 Å². The predicted octanol–water partition coefficient (Wildman–Crippen LogP) is 4.00. The van der Waals surface area contributed by atoms with E-state index < -0.39 is 22.1 Å². The third-order valence-electron chi connectivity index (χ3n) is 4.17. The lowest BCUT2D eigenvalue weighted by Crippen LogP contribution is -2.24. The summed E-state index contributed by atoms with van der Waals surface area (Å²) in [6, 6.07) is 14.8. The molecule has 0 amide bonds. The molecule has 2 aromatic carbocycles. The third-order valence-corrected chi connectivity index (χ3v) is 6.19. The molecule has 0 aliphatic heterocycles. The normalized spacial score (nSPS) is 12.8. The van der Waals surface area contributed by atoms with Crippen LogP contribution in [0.2, 0.25) is 5.02 Å². The Labute approximate surface area is 168 Å². The molecule has 148 valence electrons. The maximum absolute atomic E-state index is 13.3. The minimum atomic E-state index is -3.87. The summed E-state index contributed by atoms with van der Waals surface area (Å²) >= 11 is 6.06. The van der Waals surface area contributed by atoms with Crippen LogP contribution in [-0.2, 0) is 30.9 Å². The SMILES string of the molecule is CCOC(=O)C(C)OCc1cc2cc(Cl)ccc2n1S(=O)(=O)c1ccccc1. The van der Waals surface area contributed by atoms with Gasteiger partial charge in [-0.25, -0.2) is 17.2 Å². The second kappa shape index (κ2) is 8.34. The average Bonchev–Trinajstić information content (AvgIpc) is 3.05. The number of ether oxygens (including phenoxy) is 2. The van der Waals surface area contributed by atoms with E-state index in [0.717, 1.165) is 0 Å². The van der Waals surface area contributed by atoms with E-state index in [9.17, 15) is 13.2 Å². The van der Waals surface area contributed by atoms with Crippen LogP contribution in [0.1, 0.15) is 19.5 Å². The smallest absolute Gasteiger partial charge is 0.334 e. The minimum absolute atomic E-state index is 0.0850. The van der Waals surface area contributed by atoms with Gasteiger partial charge < -0.3 is 9.47 Å².